The first-order chi connectivity index (χ1) is 13.9. The molecule has 0 fully saturated rings. The Kier molecular flexibility index (Phi) is 9.65. The second-order valence-electron chi connectivity index (χ2n) is 8.03. The Bertz CT molecular complexity index is 890. The highest BCUT2D eigenvalue weighted by Gasteiger charge is 2.19. The first-order valence-corrected chi connectivity index (χ1v) is 10.9. The molecule has 1 unspecified atom stereocenters. The van der Waals surface area contributed by atoms with Gasteiger partial charge in [-0.25, -0.2) is 9.00 Å². The van der Waals surface area contributed by atoms with Crippen molar-refractivity contribution in [3.05, 3.63) is 69.3 Å². The zero-order valence-electron chi connectivity index (χ0n) is 18.4. The van der Waals surface area contributed by atoms with Gasteiger partial charge in [-0.15, -0.1) is 0 Å². The van der Waals surface area contributed by atoms with E-state index in [1.54, 1.807) is 26.8 Å². The minimum absolute atomic E-state index is 0.152. The molecule has 1 atom stereocenters. The predicted octanol–water partition coefficient (Wildman–Crippen LogP) is 4.97. The van der Waals surface area contributed by atoms with Crippen molar-refractivity contribution in [3.63, 3.8) is 0 Å². The van der Waals surface area contributed by atoms with Crippen LogP contribution in [-0.4, -0.2) is 20.7 Å². The van der Waals surface area contributed by atoms with E-state index >= 15 is 0 Å². The van der Waals surface area contributed by atoms with Crippen LogP contribution >= 0.6 is 0 Å². The van der Waals surface area contributed by atoms with Crippen molar-refractivity contribution in [1.29, 1.82) is 0 Å². The van der Waals surface area contributed by atoms with E-state index in [9.17, 15) is 19.1 Å². The molecule has 8 heteroatoms. The smallest absolute Gasteiger partial charge is 0.327 e. The fraction of sp³-hybridized carbons (Fsp3) is 0.409. The van der Waals surface area contributed by atoms with Crippen LogP contribution in [0.5, 0.6) is 0 Å². The van der Waals surface area contributed by atoms with E-state index in [1.807, 2.05) is 6.92 Å². The number of nitrogens with one attached hydrogen (secondary N) is 2. The third kappa shape index (κ3) is 9.17. The van der Waals surface area contributed by atoms with Gasteiger partial charge in [0, 0.05) is 17.7 Å². The van der Waals surface area contributed by atoms with Crippen molar-refractivity contribution in [2.45, 2.75) is 64.8 Å². The lowest BCUT2D eigenvalue weighted by Crippen LogP contribution is -2.46. The standard InChI is InChI=1S/C14H21N3O4S.C8H10/c1-5-6-10-7-8-11(17(19)20)9-12(10)22(21)16-13(18)15-14(2,3)4;1-7-4-3-5-8(2)6-7/h7-9H,5-6H2,1-4H3,(H2,15,16,18);3-6H,1-2H3. The zero-order chi connectivity index (χ0) is 22.9. The normalized spacial score (nSPS) is 11.7. The van der Waals surface area contributed by atoms with Crippen molar-refractivity contribution >= 4 is 22.7 Å². The van der Waals surface area contributed by atoms with Crippen LogP contribution in [0.2, 0.25) is 0 Å². The maximum atomic E-state index is 12.3. The summed E-state index contributed by atoms with van der Waals surface area (Å²) >= 11 is 0. The number of rotatable bonds is 5. The largest absolute Gasteiger partial charge is 0.333 e. The lowest BCUT2D eigenvalue weighted by molar-refractivity contribution is -0.385. The Labute approximate surface area is 181 Å². The molecule has 0 aliphatic carbocycles. The maximum absolute atomic E-state index is 12.3. The molecule has 2 N–H and O–H groups in total. The number of nitrogens with zero attached hydrogens (tertiary/aromatic N) is 1. The Hall–Kier alpha value is -2.74. The number of amides is 2. The highest BCUT2D eigenvalue weighted by Crippen LogP contribution is 2.21. The minimum atomic E-state index is -1.85. The predicted molar refractivity (Wildman–Crippen MR) is 121 cm³/mol. The summed E-state index contributed by atoms with van der Waals surface area (Å²) in [6, 6.07) is 12.1. The molecule has 0 bridgehead atoms. The molecule has 30 heavy (non-hydrogen) atoms. The van der Waals surface area contributed by atoms with E-state index in [0.29, 0.717) is 6.42 Å². The van der Waals surface area contributed by atoms with Gasteiger partial charge >= 0.3 is 6.03 Å². The molecular weight excluding hydrogens is 402 g/mol. The lowest BCUT2D eigenvalue weighted by Gasteiger charge is -2.20. The molecule has 0 aromatic heterocycles. The van der Waals surface area contributed by atoms with E-state index in [-0.39, 0.29) is 10.6 Å². The van der Waals surface area contributed by atoms with Crippen LogP contribution in [0.3, 0.4) is 0 Å². The molecule has 2 aromatic carbocycles. The number of hydrogen-bond donors (Lipinski definition) is 2. The number of aryl methyl sites for hydroxylation is 3. The summed E-state index contributed by atoms with van der Waals surface area (Å²) in [5.41, 5.74) is 2.78. The number of urea groups is 1. The fourth-order valence-electron chi connectivity index (χ4n) is 2.62. The number of non-ortho nitro benzene ring substituents is 1. The molecule has 0 heterocycles. The van der Waals surface area contributed by atoms with Gasteiger partial charge in [-0.05, 0) is 46.6 Å². The van der Waals surface area contributed by atoms with E-state index in [2.05, 4.69) is 48.2 Å². The molecule has 0 radical (unpaired) electrons. The van der Waals surface area contributed by atoms with Gasteiger partial charge in [-0.2, -0.15) is 0 Å². The Balaban J connectivity index is 0.000000467. The van der Waals surface area contributed by atoms with Crippen LogP contribution in [0, 0.1) is 24.0 Å². The number of benzene rings is 2. The van der Waals surface area contributed by atoms with Gasteiger partial charge in [0.1, 0.15) is 0 Å². The van der Waals surface area contributed by atoms with Crippen LogP contribution in [0.4, 0.5) is 10.5 Å². The molecule has 0 saturated carbocycles. The monoisotopic (exact) mass is 433 g/mol. The van der Waals surface area contributed by atoms with Gasteiger partial charge in [0.2, 0.25) is 0 Å². The fourth-order valence-corrected chi connectivity index (χ4v) is 3.58. The summed E-state index contributed by atoms with van der Waals surface area (Å²) in [6.07, 6.45) is 1.43. The SMILES string of the molecule is CCCc1ccc([N+](=O)[O-])cc1S(=O)NC(=O)NC(C)(C)C.Cc1cccc(C)c1. The Morgan fingerprint density at radius 1 is 1.10 bits per heavy atom. The molecule has 0 saturated heterocycles. The van der Waals surface area contributed by atoms with Crippen LogP contribution < -0.4 is 10.0 Å². The Morgan fingerprint density at radius 2 is 1.70 bits per heavy atom. The van der Waals surface area contributed by atoms with Crippen molar-refractivity contribution in [3.8, 4) is 0 Å². The van der Waals surface area contributed by atoms with Gasteiger partial charge in [0.05, 0.1) is 9.82 Å². The van der Waals surface area contributed by atoms with Crippen LogP contribution in [0.15, 0.2) is 47.4 Å². The van der Waals surface area contributed by atoms with Crippen LogP contribution in [-0.2, 0) is 17.4 Å². The molecular formula is C22H31N3O4S. The summed E-state index contributed by atoms with van der Waals surface area (Å²) < 4.78 is 14.6. The number of nitro groups is 1. The highest BCUT2D eigenvalue weighted by molar-refractivity contribution is 7.83. The van der Waals surface area contributed by atoms with Gasteiger partial charge in [0.25, 0.3) is 5.69 Å². The topological polar surface area (TPSA) is 101 Å². The number of nitro benzene ring substituents is 1. The molecule has 2 rings (SSSR count). The summed E-state index contributed by atoms with van der Waals surface area (Å²) in [6.45, 7) is 11.6. The van der Waals surface area contributed by atoms with Crippen molar-refractivity contribution in [1.82, 2.24) is 10.0 Å². The summed E-state index contributed by atoms with van der Waals surface area (Å²) in [5.74, 6) is 0. The third-order valence-corrected chi connectivity index (χ3v) is 4.98. The second-order valence-corrected chi connectivity index (χ2v) is 9.21. The quantitative estimate of drug-likeness (QED) is 0.513. The van der Waals surface area contributed by atoms with Gasteiger partial charge in [0.15, 0.2) is 11.0 Å². The minimum Gasteiger partial charge on any atom is -0.333 e. The van der Waals surface area contributed by atoms with E-state index < -0.39 is 27.5 Å². The lowest BCUT2D eigenvalue weighted by atomic mass is 10.1. The van der Waals surface area contributed by atoms with E-state index in [1.165, 1.54) is 23.3 Å². The molecule has 7 nitrogen and oxygen atoms in total. The molecule has 0 aliphatic rings. The third-order valence-electron chi connectivity index (χ3n) is 3.83. The van der Waals surface area contributed by atoms with Gasteiger partial charge in [-0.3, -0.25) is 14.8 Å². The average molecular weight is 434 g/mol. The molecule has 0 spiro atoms. The van der Waals surface area contributed by atoms with E-state index in [4.69, 9.17) is 0 Å². The molecule has 164 valence electrons. The number of carbonyl (C=O) groups is 1. The van der Waals surface area contributed by atoms with Gasteiger partial charge < -0.3 is 5.32 Å². The number of hydrogen-bond acceptors (Lipinski definition) is 4. The van der Waals surface area contributed by atoms with Crippen LogP contribution in [0.1, 0.15) is 50.8 Å². The summed E-state index contributed by atoms with van der Waals surface area (Å²) in [7, 11) is -1.85. The zero-order valence-corrected chi connectivity index (χ0v) is 19.3. The van der Waals surface area contributed by atoms with Crippen molar-refractivity contribution in [2.24, 2.45) is 0 Å². The Morgan fingerprint density at radius 3 is 2.13 bits per heavy atom. The molecule has 2 aromatic rings. The van der Waals surface area contributed by atoms with Crippen molar-refractivity contribution < 1.29 is 13.9 Å². The van der Waals surface area contributed by atoms with Crippen molar-refractivity contribution in [2.75, 3.05) is 0 Å². The summed E-state index contributed by atoms with van der Waals surface area (Å²) in [4.78, 5) is 22.4. The summed E-state index contributed by atoms with van der Waals surface area (Å²) in [5, 5.41) is 13.5. The molecule has 2 amide bonds. The first kappa shape index (κ1) is 25.3. The first-order valence-electron chi connectivity index (χ1n) is 9.74. The van der Waals surface area contributed by atoms with Crippen LogP contribution in [0.25, 0.3) is 0 Å². The highest BCUT2D eigenvalue weighted by atomic mass is 32.2. The number of carbonyl (C=O) groups excluding carboxylic acids is 1. The van der Waals surface area contributed by atoms with E-state index in [0.717, 1.165) is 12.0 Å². The second kappa shape index (κ2) is 11.4. The molecule has 0 aliphatic heterocycles. The average Bonchev–Trinajstić information content (AvgIpc) is 2.60. The van der Waals surface area contributed by atoms with Gasteiger partial charge in [-0.1, -0.05) is 54.8 Å². The maximum Gasteiger partial charge on any atom is 0.327 e.